The summed E-state index contributed by atoms with van der Waals surface area (Å²) >= 11 is 1.38. The lowest BCUT2D eigenvalue weighted by atomic mass is 10.4. The highest BCUT2D eigenvalue weighted by atomic mass is 32.2. The Morgan fingerprint density at radius 1 is 1.28 bits per heavy atom. The van der Waals surface area contributed by atoms with Crippen molar-refractivity contribution in [3.8, 4) is 0 Å². The summed E-state index contributed by atoms with van der Waals surface area (Å²) in [7, 11) is 2.21. The zero-order valence-corrected chi connectivity index (χ0v) is 12.7. The third kappa shape index (κ3) is 4.03. The Labute approximate surface area is 113 Å². The molecule has 0 aliphatic heterocycles. The van der Waals surface area contributed by atoms with Crippen LogP contribution in [-0.4, -0.2) is 51.9 Å². The number of nitrogens with two attached hydrogens (primary N) is 1. The molecule has 1 rings (SSSR count). The van der Waals surface area contributed by atoms with Crippen LogP contribution in [0.2, 0.25) is 0 Å². The monoisotopic (exact) mass is 291 g/mol. The van der Waals surface area contributed by atoms with Gasteiger partial charge in [0.1, 0.15) is 0 Å². The van der Waals surface area contributed by atoms with Gasteiger partial charge in [0, 0.05) is 30.4 Å². The van der Waals surface area contributed by atoms with Crippen molar-refractivity contribution in [3.63, 3.8) is 0 Å². The summed E-state index contributed by atoms with van der Waals surface area (Å²) < 4.78 is 25.8. The number of hydrogen-bond donors (Lipinski definition) is 1. The molecule has 0 amide bonds. The van der Waals surface area contributed by atoms with Gasteiger partial charge in [0.15, 0.2) is 0 Å². The van der Waals surface area contributed by atoms with Gasteiger partial charge in [-0.3, -0.25) is 0 Å². The second-order valence-corrected chi connectivity index (χ2v) is 7.48. The summed E-state index contributed by atoms with van der Waals surface area (Å²) in [6, 6.07) is 1.66. The van der Waals surface area contributed by atoms with Gasteiger partial charge in [0.2, 0.25) is 10.0 Å². The molecule has 0 unspecified atom stereocenters. The summed E-state index contributed by atoms with van der Waals surface area (Å²) in [6.07, 6.45) is 0.816. The highest BCUT2D eigenvalue weighted by molar-refractivity contribution is 7.89. The van der Waals surface area contributed by atoms with E-state index in [0.717, 1.165) is 17.8 Å². The molecule has 1 heterocycles. The SMILES string of the molecule is CN(C)CCCN(C)S(=O)(=O)c1csc(CN)c1. The molecule has 2 N–H and O–H groups in total. The molecule has 0 radical (unpaired) electrons. The molecule has 1 aromatic rings. The molecule has 0 atom stereocenters. The molecule has 0 fully saturated rings. The van der Waals surface area contributed by atoms with Gasteiger partial charge in [-0.2, -0.15) is 0 Å². The van der Waals surface area contributed by atoms with Crippen molar-refractivity contribution in [2.45, 2.75) is 17.9 Å². The molecule has 0 aliphatic carbocycles. The molecule has 0 bridgehead atoms. The summed E-state index contributed by atoms with van der Waals surface area (Å²) in [5.41, 5.74) is 5.49. The van der Waals surface area contributed by atoms with Crippen molar-refractivity contribution in [1.82, 2.24) is 9.21 Å². The first-order chi connectivity index (χ1) is 8.37. The maximum Gasteiger partial charge on any atom is 0.243 e. The van der Waals surface area contributed by atoms with Crippen LogP contribution in [-0.2, 0) is 16.6 Å². The quantitative estimate of drug-likeness (QED) is 0.806. The average molecular weight is 291 g/mol. The Kier molecular flexibility index (Phi) is 5.74. The van der Waals surface area contributed by atoms with Gasteiger partial charge in [-0.1, -0.05) is 0 Å². The minimum atomic E-state index is -3.36. The van der Waals surface area contributed by atoms with Gasteiger partial charge in [-0.05, 0) is 33.1 Å². The molecule has 5 nitrogen and oxygen atoms in total. The third-order valence-electron chi connectivity index (χ3n) is 2.62. The van der Waals surface area contributed by atoms with E-state index in [1.54, 1.807) is 18.5 Å². The standard InChI is InChI=1S/C11H21N3O2S2/c1-13(2)5-4-6-14(3)18(15,16)11-7-10(8-12)17-9-11/h7,9H,4-6,8,12H2,1-3H3. The van der Waals surface area contributed by atoms with Crippen LogP contribution < -0.4 is 5.73 Å². The molecule has 0 spiro atoms. The van der Waals surface area contributed by atoms with Crippen molar-refractivity contribution in [2.24, 2.45) is 5.73 Å². The second-order valence-electron chi connectivity index (χ2n) is 4.44. The van der Waals surface area contributed by atoms with Gasteiger partial charge in [0.25, 0.3) is 0 Å². The van der Waals surface area contributed by atoms with E-state index in [2.05, 4.69) is 0 Å². The minimum Gasteiger partial charge on any atom is -0.326 e. The first-order valence-electron chi connectivity index (χ1n) is 5.76. The maximum absolute atomic E-state index is 12.2. The van der Waals surface area contributed by atoms with Crippen LogP contribution in [0.5, 0.6) is 0 Å². The Hall–Kier alpha value is -0.470. The fraction of sp³-hybridized carbons (Fsp3) is 0.636. The van der Waals surface area contributed by atoms with E-state index in [-0.39, 0.29) is 0 Å². The second kappa shape index (κ2) is 6.63. The minimum absolute atomic E-state index is 0.348. The van der Waals surface area contributed by atoms with Crippen LogP contribution in [0.1, 0.15) is 11.3 Å². The van der Waals surface area contributed by atoms with E-state index in [1.165, 1.54) is 15.6 Å². The predicted molar refractivity (Wildman–Crippen MR) is 75.2 cm³/mol. The zero-order valence-electron chi connectivity index (χ0n) is 11.1. The summed E-state index contributed by atoms with van der Waals surface area (Å²) in [5.74, 6) is 0. The van der Waals surface area contributed by atoms with Crippen molar-refractivity contribution < 1.29 is 8.42 Å². The predicted octanol–water partition coefficient (Wildman–Crippen LogP) is 0.779. The molecule has 18 heavy (non-hydrogen) atoms. The number of thiophene rings is 1. The highest BCUT2D eigenvalue weighted by Crippen LogP contribution is 2.21. The Morgan fingerprint density at radius 3 is 2.44 bits per heavy atom. The molecule has 0 saturated carbocycles. The molecule has 0 saturated heterocycles. The van der Waals surface area contributed by atoms with Gasteiger partial charge in [-0.25, -0.2) is 12.7 Å². The lowest BCUT2D eigenvalue weighted by molar-refractivity contribution is 0.370. The lowest BCUT2D eigenvalue weighted by Gasteiger charge is -2.17. The molecule has 0 aromatic carbocycles. The van der Waals surface area contributed by atoms with Crippen molar-refractivity contribution in [2.75, 3.05) is 34.2 Å². The van der Waals surface area contributed by atoms with Crippen LogP contribution >= 0.6 is 11.3 Å². The van der Waals surface area contributed by atoms with Crippen LogP contribution in [0, 0.1) is 0 Å². The van der Waals surface area contributed by atoms with E-state index in [9.17, 15) is 8.42 Å². The third-order valence-corrected chi connectivity index (χ3v) is 5.56. The Bertz CT molecular complexity index is 468. The zero-order chi connectivity index (χ0) is 13.8. The number of sulfonamides is 1. The van der Waals surface area contributed by atoms with Crippen LogP contribution in [0.15, 0.2) is 16.3 Å². The highest BCUT2D eigenvalue weighted by Gasteiger charge is 2.21. The van der Waals surface area contributed by atoms with Gasteiger partial charge in [-0.15, -0.1) is 11.3 Å². The average Bonchev–Trinajstić information content (AvgIpc) is 2.77. The van der Waals surface area contributed by atoms with Crippen LogP contribution in [0.4, 0.5) is 0 Å². The fourth-order valence-electron chi connectivity index (χ4n) is 1.51. The van der Waals surface area contributed by atoms with E-state index < -0.39 is 10.0 Å². The molecule has 7 heteroatoms. The number of rotatable bonds is 7. The largest absolute Gasteiger partial charge is 0.326 e. The smallest absolute Gasteiger partial charge is 0.243 e. The molecule has 104 valence electrons. The maximum atomic E-state index is 12.2. The van der Waals surface area contributed by atoms with Gasteiger partial charge in [0.05, 0.1) is 4.90 Å². The van der Waals surface area contributed by atoms with E-state index in [0.29, 0.717) is 18.0 Å². The molecular formula is C11H21N3O2S2. The van der Waals surface area contributed by atoms with Crippen molar-refractivity contribution >= 4 is 21.4 Å². The lowest BCUT2D eigenvalue weighted by Crippen LogP contribution is -2.29. The number of nitrogens with zero attached hydrogens (tertiary/aromatic N) is 2. The van der Waals surface area contributed by atoms with E-state index >= 15 is 0 Å². The molecule has 0 aliphatic rings. The Morgan fingerprint density at radius 2 is 1.94 bits per heavy atom. The van der Waals surface area contributed by atoms with Gasteiger partial charge < -0.3 is 10.6 Å². The topological polar surface area (TPSA) is 66.6 Å². The molecular weight excluding hydrogens is 270 g/mol. The summed E-state index contributed by atoms with van der Waals surface area (Å²) in [5, 5.41) is 1.65. The van der Waals surface area contributed by atoms with Crippen LogP contribution in [0.3, 0.4) is 0 Å². The van der Waals surface area contributed by atoms with Crippen molar-refractivity contribution in [3.05, 3.63) is 16.3 Å². The Balaban J connectivity index is 2.67. The molecule has 1 aromatic heterocycles. The van der Waals surface area contributed by atoms with Gasteiger partial charge >= 0.3 is 0 Å². The first kappa shape index (κ1) is 15.6. The van der Waals surface area contributed by atoms with Crippen LogP contribution in [0.25, 0.3) is 0 Å². The summed E-state index contributed by atoms with van der Waals surface area (Å²) in [6.45, 7) is 1.77. The summed E-state index contributed by atoms with van der Waals surface area (Å²) in [4.78, 5) is 3.27. The fourth-order valence-corrected chi connectivity index (χ4v) is 3.87. The normalized spacial score (nSPS) is 12.6. The number of hydrogen-bond acceptors (Lipinski definition) is 5. The van der Waals surface area contributed by atoms with Crippen molar-refractivity contribution in [1.29, 1.82) is 0 Å². The van der Waals surface area contributed by atoms with E-state index in [4.69, 9.17) is 5.73 Å². The first-order valence-corrected chi connectivity index (χ1v) is 8.08. The van der Waals surface area contributed by atoms with E-state index in [1.807, 2.05) is 19.0 Å².